The predicted octanol–water partition coefficient (Wildman–Crippen LogP) is 1.72. The molecule has 220 valence electrons. The van der Waals surface area contributed by atoms with Crippen LogP contribution in [0.5, 0.6) is 0 Å². The molecule has 3 fully saturated rings. The summed E-state index contributed by atoms with van der Waals surface area (Å²) < 4.78 is 11.1. The van der Waals surface area contributed by atoms with Crippen molar-refractivity contribution in [3.05, 3.63) is 18.0 Å². The van der Waals surface area contributed by atoms with Crippen molar-refractivity contribution in [1.82, 2.24) is 29.7 Å². The largest absolute Gasteiger partial charge is 0.444 e. The predicted molar refractivity (Wildman–Crippen MR) is 152 cm³/mol. The van der Waals surface area contributed by atoms with Crippen LogP contribution in [0, 0.1) is 0 Å². The minimum Gasteiger partial charge on any atom is -0.444 e. The topological polar surface area (TPSA) is 143 Å². The molecule has 2 aromatic rings. The van der Waals surface area contributed by atoms with E-state index >= 15 is 0 Å². The van der Waals surface area contributed by atoms with Gasteiger partial charge in [-0.05, 0) is 47.0 Å². The van der Waals surface area contributed by atoms with Crippen LogP contribution in [0.4, 0.5) is 22.5 Å². The average Bonchev–Trinajstić information content (AvgIpc) is 3.52. The number of carbonyl (C=O) groups excluding carboxylic acids is 2. The molecule has 2 atom stereocenters. The number of nitrogens with two attached hydrogens (primary N) is 1. The molecule has 4 aliphatic rings. The van der Waals surface area contributed by atoms with Crippen LogP contribution in [-0.4, -0.2) is 111 Å². The van der Waals surface area contributed by atoms with Gasteiger partial charge in [0.2, 0.25) is 17.8 Å². The first kappa shape index (κ1) is 27.4. The van der Waals surface area contributed by atoms with Crippen molar-refractivity contribution in [3.63, 3.8) is 0 Å². The molecule has 2 aromatic heterocycles. The number of carbonyl (C=O) groups is 2. The Morgan fingerprint density at radius 1 is 1.07 bits per heavy atom. The van der Waals surface area contributed by atoms with Crippen LogP contribution < -0.4 is 15.5 Å². The molecule has 0 aliphatic carbocycles. The maximum atomic E-state index is 13.6. The summed E-state index contributed by atoms with van der Waals surface area (Å²) in [5, 5.41) is 0. The number of aromatic nitrogens is 4. The van der Waals surface area contributed by atoms with Crippen molar-refractivity contribution >= 4 is 29.7 Å². The van der Waals surface area contributed by atoms with E-state index in [1.54, 1.807) is 17.3 Å². The highest BCUT2D eigenvalue weighted by molar-refractivity contribution is 5.88. The minimum atomic E-state index is -0.602. The van der Waals surface area contributed by atoms with Crippen molar-refractivity contribution < 1.29 is 19.1 Å². The van der Waals surface area contributed by atoms with E-state index in [0.29, 0.717) is 58.3 Å². The maximum Gasteiger partial charge on any atom is 0.410 e. The molecule has 0 saturated carbocycles. The Balaban J connectivity index is 1.25. The number of anilines is 3. The van der Waals surface area contributed by atoms with Crippen molar-refractivity contribution in [2.75, 3.05) is 68.0 Å². The lowest BCUT2D eigenvalue weighted by Gasteiger charge is -2.42. The van der Waals surface area contributed by atoms with Crippen LogP contribution in [0.1, 0.15) is 46.1 Å². The first-order valence-corrected chi connectivity index (χ1v) is 14.4. The van der Waals surface area contributed by atoms with Gasteiger partial charge in [0.25, 0.3) is 0 Å². The summed E-state index contributed by atoms with van der Waals surface area (Å²) >= 11 is 0. The van der Waals surface area contributed by atoms with Crippen LogP contribution in [0.25, 0.3) is 11.3 Å². The lowest BCUT2D eigenvalue weighted by Crippen LogP contribution is -2.60. The van der Waals surface area contributed by atoms with Gasteiger partial charge in [0.05, 0.1) is 24.4 Å². The van der Waals surface area contributed by atoms with Crippen LogP contribution >= 0.6 is 0 Å². The van der Waals surface area contributed by atoms with E-state index in [2.05, 4.69) is 26.7 Å². The zero-order valence-corrected chi connectivity index (χ0v) is 24.3. The first-order chi connectivity index (χ1) is 19.5. The fraction of sp³-hybridized carbons (Fsp3) is 0.643. The van der Waals surface area contributed by atoms with E-state index in [9.17, 15) is 9.59 Å². The summed E-state index contributed by atoms with van der Waals surface area (Å²) in [6.45, 7) is 12.9. The molecule has 3 saturated heterocycles. The highest BCUT2D eigenvalue weighted by atomic mass is 16.6. The number of hydrogen-bond donors (Lipinski definition) is 1. The van der Waals surface area contributed by atoms with Gasteiger partial charge in [0, 0.05) is 62.8 Å². The maximum absolute atomic E-state index is 13.6. The van der Waals surface area contributed by atoms with Gasteiger partial charge in [-0.25, -0.2) is 19.7 Å². The van der Waals surface area contributed by atoms with E-state index < -0.39 is 17.7 Å². The monoisotopic (exact) mass is 565 g/mol. The standard InChI is InChI=1S/C28H39N9O4/c1-27(2,3)41-26(39)36-8-6-20(36)23(38)35-10-7-28(4,17-35)37-9-5-19-21(18-15-30-24(29)31-16-18)32-25(33-22(19)37)34-11-13-40-14-12-34/h15-16,20H,5-14,17H2,1-4H3,(H2,29,30,31)/t20-,28+/m0/s1. The summed E-state index contributed by atoms with van der Waals surface area (Å²) in [5.74, 6) is 1.75. The molecule has 4 aliphatic heterocycles. The minimum absolute atomic E-state index is 0.0124. The molecule has 0 unspecified atom stereocenters. The number of morpholine rings is 1. The summed E-state index contributed by atoms with van der Waals surface area (Å²) in [6.07, 6.45) is 5.23. The summed E-state index contributed by atoms with van der Waals surface area (Å²) in [4.78, 5) is 52.7. The third-order valence-corrected chi connectivity index (χ3v) is 8.40. The highest BCUT2D eigenvalue weighted by Gasteiger charge is 2.48. The molecule has 2 N–H and O–H groups in total. The third-order valence-electron chi connectivity index (χ3n) is 8.40. The second-order valence-electron chi connectivity index (χ2n) is 12.5. The number of rotatable bonds is 4. The molecule has 41 heavy (non-hydrogen) atoms. The highest BCUT2D eigenvalue weighted by Crippen LogP contribution is 2.42. The van der Waals surface area contributed by atoms with Gasteiger partial charge in [-0.2, -0.15) is 4.98 Å². The summed E-state index contributed by atoms with van der Waals surface area (Å²) in [5.41, 5.74) is 7.52. The number of hydrogen-bond acceptors (Lipinski definition) is 11. The molecule has 13 heteroatoms. The number of nitrogens with zero attached hydrogens (tertiary/aromatic N) is 8. The summed E-state index contributed by atoms with van der Waals surface area (Å²) in [6, 6.07) is -0.467. The zero-order valence-electron chi connectivity index (χ0n) is 24.3. The third kappa shape index (κ3) is 5.22. The van der Waals surface area contributed by atoms with Crippen molar-refractivity contribution in [1.29, 1.82) is 0 Å². The smallest absolute Gasteiger partial charge is 0.410 e. The zero-order chi connectivity index (χ0) is 28.9. The van der Waals surface area contributed by atoms with Gasteiger partial charge in [-0.1, -0.05) is 0 Å². The Bertz CT molecular complexity index is 1330. The number of fused-ring (bicyclic) bond motifs is 1. The SMILES string of the molecule is CC(C)(C)OC(=O)N1CC[C@H]1C(=O)N1CC[C@@](C)(N2CCc3c(-c4cnc(N)nc4)nc(N4CCOCC4)nc32)C1. The van der Waals surface area contributed by atoms with Gasteiger partial charge in [0.15, 0.2) is 0 Å². The van der Waals surface area contributed by atoms with E-state index in [0.717, 1.165) is 42.0 Å². The van der Waals surface area contributed by atoms with Crippen LogP contribution in [-0.2, 0) is 20.7 Å². The van der Waals surface area contributed by atoms with Crippen LogP contribution in [0.3, 0.4) is 0 Å². The lowest BCUT2D eigenvalue weighted by atomic mass is 9.99. The van der Waals surface area contributed by atoms with Gasteiger partial charge in [-0.3, -0.25) is 9.69 Å². The summed E-state index contributed by atoms with van der Waals surface area (Å²) in [7, 11) is 0. The number of nitrogen functional groups attached to an aromatic ring is 1. The second-order valence-corrected chi connectivity index (χ2v) is 12.5. The molecular weight excluding hydrogens is 526 g/mol. The average molecular weight is 566 g/mol. The van der Waals surface area contributed by atoms with Crippen molar-refractivity contribution in [2.45, 2.75) is 64.1 Å². The number of amides is 2. The normalized spacial score (nSPS) is 24.3. The molecule has 0 aromatic carbocycles. The fourth-order valence-corrected chi connectivity index (χ4v) is 6.12. The van der Waals surface area contributed by atoms with Gasteiger partial charge < -0.3 is 29.9 Å². The Labute approximate surface area is 240 Å². The van der Waals surface area contributed by atoms with Gasteiger partial charge in [-0.15, -0.1) is 0 Å². The quantitative estimate of drug-likeness (QED) is 0.579. The Kier molecular flexibility index (Phi) is 6.87. The molecule has 0 bridgehead atoms. The Morgan fingerprint density at radius 2 is 1.80 bits per heavy atom. The number of likely N-dealkylation sites (tertiary alicyclic amines) is 2. The van der Waals surface area contributed by atoms with Gasteiger partial charge in [0.1, 0.15) is 17.5 Å². The van der Waals surface area contributed by atoms with Crippen molar-refractivity contribution in [3.8, 4) is 11.3 Å². The Hall–Kier alpha value is -3.74. The second kappa shape index (κ2) is 10.3. The van der Waals surface area contributed by atoms with E-state index in [4.69, 9.17) is 25.2 Å². The first-order valence-electron chi connectivity index (χ1n) is 14.4. The van der Waals surface area contributed by atoms with Crippen molar-refractivity contribution in [2.24, 2.45) is 0 Å². The number of ether oxygens (including phenoxy) is 2. The molecule has 0 radical (unpaired) electrons. The Morgan fingerprint density at radius 3 is 2.46 bits per heavy atom. The van der Waals surface area contributed by atoms with E-state index in [-0.39, 0.29) is 17.4 Å². The van der Waals surface area contributed by atoms with Crippen LogP contribution in [0.15, 0.2) is 12.4 Å². The van der Waals surface area contributed by atoms with Gasteiger partial charge >= 0.3 is 6.09 Å². The van der Waals surface area contributed by atoms with E-state index in [1.807, 2.05) is 25.7 Å². The van der Waals surface area contributed by atoms with Crippen LogP contribution in [0.2, 0.25) is 0 Å². The lowest BCUT2D eigenvalue weighted by molar-refractivity contribution is -0.140. The molecule has 13 nitrogen and oxygen atoms in total. The molecule has 0 spiro atoms. The molecule has 2 amide bonds. The fourth-order valence-electron chi connectivity index (χ4n) is 6.12. The molecule has 6 rings (SSSR count). The molecule has 6 heterocycles. The van der Waals surface area contributed by atoms with E-state index in [1.165, 1.54) is 0 Å². The molecular formula is C28H39N9O4.